The molecule has 0 saturated carbocycles. The number of piperidine rings is 1. The van der Waals surface area contributed by atoms with E-state index in [2.05, 4.69) is 71.7 Å². The Morgan fingerprint density at radius 2 is 1.62 bits per heavy atom. The Balaban J connectivity index is 1.39. The van der Waals surface area contributed by atoms with Crippen LogP contribution in [-0.2, 0) is 6.54 Å². The van der Waals surface area contributed by atoms with Gasteiger partial charge in [-0.05, 0) is 83.4 Å². The van der Waals surface area contributed by atoms with E-state index in [1.165, 1.54) is 76.2 Å². The first-order valence-electron chi connectivity index (χ1n) is 12.0. The smallest absolute Gasteiger partial charge is 0.0367 e. The maximum Gasteiger partial charge on any atom is 0.0367 e. The van der Waals surface area contributed by atoms with Crippen molar-refractivity contribution >= 4 is 5.69 Å². The van der Waals surface area contributed by atoms with Gasteiger partial charge in [-0.15, -0.1) is 0 Å². The number of hydrogen-bond acceptors (Lipinski definition) is 4. The Kier molecular flexibility index (Phi) is 8.83. The lowest BCUT2D eigenvalue weighted by molar-refractivity contribution is 0.151. The second kappa shape index (κ2) is 11.3. The highest BCUT2D eigenvalue weighted by Gasteiger charge is 2.21. The predicted molar refractivity (Wildman–Crippen MR) is 126 cm³/mol. The first-order chi connectivity index (χ1) is 14.0. The van der Waals surface area contributed by atoms with Gasteiger partial charge in [0.05, 0.1) is 0 Å². The molecule has 0 amide bonds. The van der Waals surface area contributed by atoms with E-state index < -0.39 is 0 Å². The summed E-state index contributed by atoms with van der Waals surface area (Å²) in [6.45, 7) is 17.8. The summed E-state index contributed by atoms with van der Waals surface area (Å²) < 4.78 is 0. The molecule has 2 heterocycles. The number of unbranched alkanes of at least 4 members (excludes halogenated alkanes) is 1. The van der Waals surface area contributed by atoms with Crippen LogP contribution in [0.25, 0.3) is 0 Å². The van der Waals surface area contributed by atoms with Gasteiger partial charge in [-0.1, -0.05) is 25.5 Å². The van der Waals surface area contributed by atoms with Gasteiger partial charge in [0.25, 0.3) is 0 Å². The highest BCUT2D eigenvalue weighted by molar-refractivity contribution is 5.48. The zero-order chi connectivity index (χ0) is 20.6. The lowest BCUT2D eigenvalue weighted by atomic mass is 9.96. The number of anilines is 1. The van der Waals surface area contributed by atoms with Gasteiger partial charge in [-0.2, -0.15) is 0 Å². The SMILES string of the molecule is CCCCN1CCC(CN(C)Cc2ccc(N3CCN(C(C)C)CC3)cc2)CC1. The summed E-state index contributed by atoms with van der Waals surface area (Å²) >= 11 is 0. The Hall–Kier alpha value is -1.10. The van der Waals surface area contributed by atoms with E-state index in [1.807, 2.05) is 0 Å². The maximum atomic E-state index is 2.67. The van der Waals surface area contributed by atoms with Crippen LogP contribution in [0.1, 0.15) is 52.0 Å². The third kappa shape index (κ3) is 6.97. The minimum Gasteiger partial charge on any atom is -0.369 e. The zero-order valence-electron chi connectivity index (χ0n) is 19.4. The molecule has 164 valence electrons. The molecule has 1 aromatic rings. The Morgan fingerprint density at radius 1 is 0.966 bits per heavy atom. The average molecular weight is 401 g/mol. The third-order valence-corrected chi connectivity index (χ3v) is 6.90. The largest absolute Gasteiger partial charge is 0.369 e. The molecule has 0 radical (unpaired) electrons. The van der Waals surface area contributed by atoms with E-state index in [0.29, 0.717) is 6.04 Å². The zero-order valence-corrected chi connectivity index (χ0v) is 19.4. The van der Waals surface area contributed by atoms with E-state index in [9.17, 15) is 0 Å². The number of hydrogen-bond donors (Lipinski definition) is 0. The van der Waals surface area contributed by atoms with Crippen LogP contribution < -0.4 is 4.90 Å². The summed E-state index contributed by atoms with van der Waals surface area (Å²) in [6.07, 6.45) is 5.41. The summed E-state index contributed by atoms with van der Waals surface area (Å²) in [5.41, 5.74) is 2.83. The Bertz CT molecular complexity index is 569. The number of benzene rings is 1. The molecule has 2 aliphatic rings. The standard InChI is InChI=1S/C25H44N4/c1-5-6-13-27-14-11-24(12-15-27)21-26(4)20-23-7-9-25(10-8-23)29-18-16-28(17-19-29)22(2)3/h7-10,22,24H,5-6,11-21H2,1-4H3. The number of piperazine rings is 1. The van der Waals surface area contributed by atoms with Gasteiger partial charge in [-0.3, -0.25) is 4.90 Å². The van der Waals surface area contributed by atoms with Crippen LogP contribution in [0, 0.1) is 5.92 Å². The molecule has 4 heteroatoms. The van der Waals surface area contributed by atoms with Gasteiger partial charge < -0.3 is 14.7 Å². The molecule has 0 N–H and O–H groups in total. The molecule has 0 atom stereocenters. The van der Waals surface area contributed by atoms with Crippen molar-refractivity contribution in [3.8, 4) is 0 Å². The first-order valence-corrected chi connectivity index (χ1v) is 12.0. The van der Waals surface area contributed by atoms with Crippen molar-refractivity contribution < 1.29 is 0 Å². The van der Waals surface area contributed by atoms with Gasteiger partial charge in [-0.25, -0.2) is 0 Å². The van der Waals surface area contributed by atoms with Gasteiger partial charge in [0.1, 0.15) is 0 Å². The van der Waals surface area contributed by atoms with Crippen molar-refractivity contribution in [1.29, 1.82) is 0 Å². The van der Waals surface area contributed by atoms with Crippen LogP contribution in [0.15, 0.2) is 24.3 Å². The minimum absolute atomic E-state index is 0.665. The summed E-state index contributed by atoms with van der Waals surface area (Å²) in [6, 6.07) is 10.0. The highest BCUT2D eigenvalue weighted by atomic mass is 15.3. The van der Waals surface area contributed by atoms with Crippen molar-refractivity contribution in [2.75, 3.05) is 64.3 Å². The van der Waals surface area contributed by atoms with Gasteiger partial charge in [0.15, 0.2) is 0 Å². The molecule has 0 spiro atoms. The number of nitrogens with zero attached hydrogens (tertiary/aromatic N) is 4. The summed E-state index contributed by atoms with van der Waals surface area (Å²) in [7, 11) is 2.29. The molecule has 0 aliphatic carbocycles. The van der Waals surface area contributed by atoms with Crippen LogP contribution in [0.5, 0.6) is 0 Å². The summed E-state index contributed by atoms with van der Waals surface area (Å²) in [4.78, 5) is 10.3. The lowest BCUT2D eigenvalue weighted by Crippen LogP contribution is -2.48. The lowest BCUT2D eigenvalue weighted by Gasteiger charge is -2.38. The van der Waals surface area contributed by atoms with Crippen molar-refractivity contribution in [2.24, 2.45) is 5.92 Å². The van der Waals surface area contributed by atoms with Crippen LogP contribution >= 0.6 is 0 Å². The molecule has 2 fully saturated rings. The van der Waals surface area contributed by atoms with E-state index in [0.717, 1.165) is 25.6 Å². The van der Waals surface area contributed by atoms with Crippen LogP contribution in [0.2, 0.25) is 0 Å². The summed E-state index contributed by atoms with van der Waals surface area (Å²) in [5, 5.41) is 0. The molecular weight excluding hydrogens is 356 g/mol. The van der Waals surface area contributed by atoms with Crippen molar-refractivity contribution in [2.45, 2.75) is 59.0 Å². The average Bonchev–Trinajstić information content (AvgIpc) is 2.74. The monoisotopic (exact) mass is 400 g/mol. The van der Waals surface area contributed by atoms with E-state index in [-0.39, 0.29) is 0 Å². The topological polar surface area (TPSA) is 13.0 Å². The van der Waals surface area contributed by atoms with Crippen molar-refractivity contribution in [3.05, 3.63) is 29.8 Å². The fraction of sp³-hybridized carbons (Fsp3) is 0.760. The normalized spacial score (nSPS) is 20.1. The Labute approximate surface area is 179 Å². The van der Waals surface area contributed by atoms with E-state index >= 15 is 0 Å². The molecular formula is C25H44N4. The predicted octanol–water partition coefficient (Wildman–Crippen LogP) is 4.16. The molecule has 29 heavy (non-hydrogen) atoms. The Morgan fingerprint density at radius 3 is 2.21 bits per heavy atom. The highest BCUT2D eigenvalue weighted by Crippen LogP contribution is 2.21. The van der Waals surface area contributed by atoms with Crippen LogP contribution in [-0.4, -0.2) is 80.1 Å². The third-order valence-electron chi connectivity index (χ3n) is 6.90. The molecule has 0 bridgehead atoms. The van der Waals surface area contributed by atoms with Crippen LogP contribution in [0.3, 0.4) is 0 Å². The van der Waals surface area contributed by atoms with E-state index in [1.54, 1.807) is 0 Å². The second-order valence-corrected chi connectivity index (χ2v) is 9.62. The first kappa shape index (κ1) is 22.6. The molecule has 3 rings (SSSR count). The quantitative estimate of drug-likeness (QED) is 0.617. The van der Waals surface area contributed by atoms with Crippen molar-refractivity contribution in [1.82, 2.24) is 14.7 Å². The number of likely N-dealkylation sites (tertiary alicyclic amines) is 1. The maximum absolute atomic E-state index is 2.67. The fourth-order valence-electron chi connectivity index (χ4n) is 4.90. The molecule has 2 aliphatic heterocycles. The molecule has 0 aromatic heterocycles. The van der Waals surface area contributed by atoms with Crippen molar-refractivity contribution in [3.63, 3.8) is 0 Å². The molecule has 4 nitrogen and oxygen atoms in total. The van der Waals surface area contributed by atoms with Gasteiger partial charge in [0.2, 0.25) is 0 Å². The summed E-state index contributed by atoms with van der Waals surface area (Å²) in [5.74, 6) is 0.870. The second-order valence-electron chi connectivity index (χ2n) is 9.62. The molecule has 1 aromatic carbocycles. The van der Waals surface area contributed by atoms with Gasteiger partial charge >= 0.3 is 0 Å². The number of rotatable bonds is 9. The molecule has 2 saturated heterocycles. The van der Waals surface area contributed by atoms with Crippen LogP contribution in [0.4, 0.5) is 5.69 Å². The minimum atomic E-state index is 0.665. The fourth-order valence-corrected chi connectivity index (χ4v) is 4.90. The van der Waals surface area contributed by atoms with E-state index in [4.69, 9.17) is 0 Å². The van der Waals surface area contributed by atoms with Gasteiger partial charge in [0, 0.05) is 51.0 Å². The molecule has 0 unspecified atom stereocenters.